The molecule has 0 saturated heterocycles. The van der Waals surface area contributed by atoms with Crippen molar-refractivity contribution < 1.29 is 13.2 Å². The molecule has 3 rings (SSSR count). The van der Waals surface area contributed by atoms with Crippen LogP contribution in [0.15, 0.2) is 24.3 Å². The summed E-state index contributed by atoms with van der Waals surface area (Å²) in [5.41, 5.74) is 0.571. The highest BCUT2D eigenvalue weighted by Gasteiger charge is 2.23. The minimum absolute atomic E-state index is 0.0940. The highest BCUT2D eigenvalue weighted by Crippen LogP contribution is 2.36. The van der Waals surface area contributed by atoms with Crippen LogP contribution in [-0.2, 0) is 0 Å². The Morgan fingerprint density at radius 1 is 0.929 bits per heavy atom. The van der Waals surface area contributed by atoms with Gasteiger partial charge in [-0.15, -0.1) is 0 Å². The number of allylic oxidation sites excluding steroid dienone is 2. The fraction of sp³-hybridized carbons (Fsp3) is 0.600. The molecule has 2 aliphatic rings. The molecule has 1 aromatic carbocycles. The molecular formula is C25H31F3. The van der Waals surface area contributed by atoms with Gasteiger partial charge >= 0.3 is 0 Å². The number of halogens is 3. The van der Waals surface area contributed by atoms with E-state index < -0.39 is 17.5 Å². The van der Waals surface area contributed by atoms with Gasteiger partial charge in [-0.1, -0.05) is 37.7 Å². The quantitative estimate of drug-likeness (QED) is 0.369. The summed E-state index contributed by atoms with van der Waals surface area (Å²) < 4.78 is 40.0. The Morgan fingerprint density at radius 2 is 1.57 bits per heavy atom. The van der Waals surface area contributed by atoms with Gasteiger partial charge in [0.05, 0.1) is 0 Å². The maximum absolute atomic E-state index is 13.4. The third-order valence-electron chi connectivity index (χ3n) is 6.53. The molecule has 0 aromatic heterocycles. The molecule has 0 bridgehead atoms. The van der Waals surface area contributed by atoms with Crippen LogP contribution < -0.4 is 0 Å². The van der Waals surface area contributed by atoms with Crippen LogP contribution in [0.4, 0.5) is 13.2 Å². The third-order valence-corrected chi connectivity index (χ3v) is 6.53. The standard InChI is InChI=1S/C25H31F3/c1-2-5-18-8-10-19(11-9-18)6-3-4-7-20-12-14-21(15-13-20)22-16-23(26)25(28)24(27)17-22/h3,6,16-21H,2,5,8-15H2,1H3/b6-3+/t18-,19-,20-,21-. The van der Waals surface area contributed by atoms with Crippen LogP contribution >= 0.6 is 0 Å². The second-order valence-electron chi connectivity index (χ2n) is 8.56. The van der Waals surface area contributed by atoms with E-state index in [0.717, 1.165) is 43.7 Å². The Hall–Kier alpha value is -1.69. The lowest BCUT2D eigenvalue weighted by atomic mass is 9.79. The largest absolute Gasteiger partial charge is 0.204 e. The van der Waals surface area contributed by atoms with Crippen molar-refractivity contribution in [1.82, 2.24) is 0 Å². The van der Waals surface area contributed by atoms with Crippen molar-refractivity contribution >= 4 is 0 Å². The predicted molar refractivity (Wildman–Crippen MR) is 108 cm³/mol. The van der Waals surface area contributed by atoms with Crippen LogP contribution in [0, 0.1) is 47.0 Å². The fourth-order valence-electron chi connectivity index (χ4n) is 4.81. The minimum Gasteiger partial charge on any atom is -0.204 e. The summed E-state index contributed by atoms with van der Waals surface area (Å²) in [5.74, 6) is 5.05. The summed E-state index contributed by atoms with van der Waals surface area (Å²) in [5, 5.41) is 0. The molecule has 2 fully saturated rings. The molecule has 0 radical (unpaired) electrons. The van der Waals surface area contributed by atoms with Gasteiger partial charge in [0.25, 0.3) is 0 Å². The monoisotopic (exact) mass is 388 g/mol. The van der Waals surface area contributed by atoms with Crippen molar-refractivity contribution in [3.63, 3.8) is 0 Å². The molecule has 0 nitrogen and oxygen atoms in total. The van der Waals surface area contributed by atoms with E-state index in [9.17, 15) is 13.2 Å². The Balaban J connectivity index is 1.44. The average molecular weight is 389 g/mol. The van der Waals surface area contributed by atoms with Gasteiger partial charge in [-0.05, 0) is 92.9 Å². The normalized spacial score (nSPS) is 28.1. The Labute approximate surface area is 167 Å². The SMILES string of the molecule is CCC[C@H]1CC[C@H](/C=C/C#C[C@H]2CC[C@H](c3cc(F)c(F)c(F)c3)CC2)CC1. The van der Waals surface area contributed by atoms with Crippen LogP contribution in [0.25, 0.3) is 0 Å². The van der Waals surface area contributed by atoms with Crippen molar-refractivity contribution in [3.8, 4) is 11.8 Å². The van der Waals surface area contributed by atoms with Crippen LogP contribution in [-0.4, -0.2) is 0 Å². The molecule has 0 amide bonds. The maximum Gasteiger partial charge on any atom is 0.194 e. The lowest BCUT2D eigenvalue weighted by Crippen LogP contribution is -2.13. The van der Waals surface area contributed by atoms with Crippen LogP contribution in [0.1, 0.15) is 82.6 Å². The van der Waals surface area contributed by atoms with Gasteiger partial charge in [-0.2, -0.15) is 0 Å². The Morgan fingerprint density at radius 3 is 2.18 bits per heavy atom. The van der Waals surface area contributed by atoms with Crippen molar-refractivity contribution in [3.05, 3.63) is 47.3 Å². The lowest BCUT2D eigenvalue weighted by molar-refractivity contribution is 0.294. The number of hydrogen-bond donors (Lipinski definition) is 0. The van der Waals surface area contributed by atoms with Crippen molar-refractivity contribution in [2.75, 3.05) is 0 Å². The smallest absolute Gasteiger partial charge is 0.194 e. The first-order valence-electron chi connectivity index (χ1n) is 10.9. The van der Waals surface area contributed by atoms with Crippen LogP contribution in [0.3, 0.4) is 0 Å². The third kappa shape index (κ3) is 5.66. The van der Waals surface area contributed by atoms with Gasteiger partial charge in [-0.25, -0.2) is 13.2 Å². The van der Waals surface area contributed by atoms with Crippen molar-refractivity contribution in [1.29, 1.82) is 0 Å². The van der Waals surface area contributed by atoms with E-state index in [4.69, 9.17) is 0 Å². The first-order valence-corrected chi connectivity index (χ1v) is 10.9. The van der Waals surface area contributed by atoms with Crippen molar-refractivity contribution in [2.45, 2.75) is 77.0 Å². The van der Waals surface area contributed by atoms with Gasteiger partial charge in [0, 0.05) is 5.92 Å². The van der Waals surface area contributed by atoms with Crippen LogP contribution in [0.5, 0.6) is 0 Å². The predicted octanol–water partition coefficient (Wildman–Crippen LogP) is 7.54. The van der Waals surface area contributed by atoms with Crippen molar-refractivity contribution in [2.24, 2.45) is 17.8 Å². The van der Waals surface area contributed by atoms with E-state index in [0.29, 0.717) is 17.4 Å². The average Bonchev–Trinajstić information content (AvgIpc) is 2.71. The van der Waals surface area contributed by atoms with Gasteiger partial charge < -0.3 is 0 Å². The molecule has 2 saturated carbocycles. The molecule has 0 heterocycles. The molecule has 0 spiro atoms. The number of rotatable bonds is 4. The molecule has 0 atom stereocenters. The number of benzene rings is 1. The molecule has 0 N–H and O–H groups in total. The molecule has 3 heteroatoms. The molecule has 2 aliphatic carbocycles. The van der Waals surface area contributed by atoms with Gasteiger partial charge in [0.1, 0.15) is 0 Å². The van der Waals surface area contributed by atoms with E-state index >= 15 is 0 Å². The van der Waals surface area contributed by atoms with Crippen LogP contribution in [0.2, 0.25) is 0 Å². The van der Waals surface area contributed by atoms with Gasteiger partial charge in [-0.3, -0.25) is 0 Å². The van der Waals surface area contributed by atoms with E-state index in [-0.39, 0.29) is 5.92 Å². The highest BCUT2D eigenvalue weighted by atomic mass is 19.2. The van der Waals surface area contributed by atoms with E-state index in [1.54, 1.807) is 0 Å². The summed E-state index contributed by atoms with van der Waals surface area (Å²) in [7, 11) is 0. The van der Waals surface area contributed by atoms with E-state index in [1.165, 1.54) is 38.5 Å². The first-order chi connectivity index (χ1) is 13.6. The zero-order valence-corrected chi connectivity index (χ0v) is 16.8. The molecule has 28 heavy (non-hydrogen) atoms. The maximum atomic E-state index is 13.4. The molecule has 0 unspecified atom stereocenters. The summed E-state index contributed by atoms with van der Waals surface area (Å²) in [6.45, 7) is 2.27. The molecule has 0 aliphatic heterocycles. The van der Waals surface area contributed by atoms with E-state index in [1.807, 2.05) is 6.08 Å². The fourth-order valence-corrected chi connectivity index (χ4v) is 4.81. The highest BCUT2D eigenvalue weighted by molar-refractivity contribution is 5.25. The summed E-state index contributed by atoms with van der Waals surface area (Å²) in [6.07, 6.45) is 15.8. The minimum atomic E-state index is -1.38. The Kier molecular flexibility index (Phi) is 7.65. The summed E-state index contributed by atoms with van der Waals surface area (Å²) >= 11 is 0. The second-order valence-corrected chi connectivity index (χ2v) is 8.56. The van der Waals surface area contributed by atoms with E-state index in [2.05, 4.69) is 24.8 Å². The summed E-state index contributed by atoms with van der Waals surface area (Å²) in [4.78, 5) is 0. The second kappa shape index (κ2) is 10.2. The lowest BCUT2D eigenvalue weighted by Gasteiger charge is -2.26. The number of hydrogen-bond acceptors (Lipinski definition) is 0. The zero-order valence-electron chi connectivity index (χ0n) is 16.8. The molecular weight excluding hydrogens is 357 g/mol. The molecule has 152 valence electrons. The zero-order chi connectivity index (χ0) is 19.9. The summed E-state index contributed by atoms with van der Waals surface area (Å²) in [6, 6.07) is 2.29. The Bertz CT molecular complexity index is 701. The molecule has 1 aromatic rings. The van der Waals surface area contributed by atoms with Gasteiger partial charge in [0.2, 0.25) is 0 Å². The first kappa shape index (κ1) is 21.0. The topological polar surface area (TPSA) is 0 Å². The van der Waals surface area contributed by atoms with Gasteiger partial charge in [0.15, 0.2) is 17.5 Å².